The first-order valence-electron chi connectivity index (χ1n) is 9.17. The van der Waals surface area contributed by atoms with E-state index in [1.54, 1.807) is 18.7 Å². The second-order valence-corrected chi connectivity index (χ2v) is 7.41. The highest BCUT2D eigenvalue weighted by atomic mass is 32.1. The van der Waals surface area contributed by atoms with Gasteiger partial charge in [-0.3, -0.25) is 9.69 Å². The molecule has 1 fully saturated rings. The number of anilines is 2. The van der Waals surface area contributed by atoms with Gasteiger partial charge in [-0.25, -0.2) is 9.97 Å². The molecule has 2 aromatic heterocycles. The molecule has 146 valence electrons. The van der Waals surface area contributed by atoms with E-state index in [-0.39, 0.29) is 5.91 Å². The Morgan fingerprint density at radius 3 is 2.79 bits per heavy atom. The summed E-state index contributed by atoms with van der Waals surface area (Å²) >= 11 is 1.34. The fraction of sp³-hybridized carbons (Fsp3) is 0.316. The maximum atomic E-state index is 12.3. The number of hydrogen-bond acceptors (Lipinski definition) is 7. The monoisotopic (exact) mass is 398 g/mol. The fourth-order valence-electron chi connectivity index (χ4n) is 2.93. The molecule has 1 aromatic carbocycles. The van der Waals surface area contributed by atoms with E-state index in [1.165, 1.54) is 11.3 Å². The van der Waals surface area contributed by atoms with Crippen molar-refractivity contribution < 1.29 is 9.53 Å². The Labute approximate surface area is 167 Å². The van der Waals surface area contributed by atoms with E-state index in [2.05, 4.69) is 25.5 Å². The van der Waals surface area contributed by atoms with Gasteiger partial charge in [0.05, 0.1) is 25.7 Å². The lowest BCUT2D eigenvalue weighted by molar-refractivity contribution is 0.0383. The third-order valence-electron chi connectivity index (χ3n) is 4.47. The number of imidazole rings is 1. The maximum absolute atomic E-state index is 12.3. The molecule has 0 saturated carbocycles. The normalized spacial score (nSPS) is 14.7. The quantitative estimate of drug-likeness (QED) is 0.634. The van der Waals surface area contributed by atoms with Crippen LogP contribution in [0.4, 0.5) is 10.8 Å². The topological polar surface area (TPSA) is 84.3 Å². The smallest absolute Gasteiger partial charge is 0.263 e. The molecule has 1 saturated heterocycles. The lowest BCUT2D eigenvalue weighted by atomic mass is 10.3. The predicted octanol–water partition coefficient (Wildman–Crippen LogP) is 2.13. The highest BCUT2D eigenvalue weighted by Gasteiger charge is 2.13. The molecule has 1 aliphatic heterocycles. The summed E-state index contributed by atoms with van der Waals surface area (Å²) in [6.45, 7) is 4.83. The van der Waals surface area contributed by atoms with Crippen LogP contribution in [0.15, 0.2) is 49.2 Å². The molecular weight excluding hydrogens is 376 g/mol. The summed E-state index contributed by atoms with van der Waals surface area (Å²) in [5.74, 6) is -0.0886. The Morgan fingerprint density at radius 2 is 2.04 bits per heavy atom. The third kappa shape index (κ3) is 4.75. The Balaban J connectivity index is 1.28. The Bertz CT molecular complexity index is 888. The largest absolute Gasteiger partial charge is 0.379 e. The molecule has 0 bridgehead atoms. The zero-order valence-electron chi connectivity index (χ0n) is 15.4. The highest BCUT2D eigenvalue weighted by Crippen LogP contribution is 2.23. The summed E-state index contributed by atoms with van der Waals surface area (Å²) < 4.78 is 7.26. The number of amides is 1. The van der Waals surface area contributed by atoms with E-state index in [4.69, 9.17) is 4.74 Å². The van der Waals surface area contributed by atoms with Gasteiger partial charge in [0.15, 0.2) is 5.13 Å². The number of ether oxygens (including phenoxy) is 1. The van der Waals surface area contributed by atoms with Crippen molar-refractivity contribution in [3.05, 3.63) is 54.1 Å². The highest BCUT2D eigenvalue weighted by molar-refractivity contribution is 7.17. The van der Waals surface area contributed by atoms with E-state index in [0.717, 1.165) is 44.2 Å². The van der Waals surface area contributed by atoms with Gasteiger partial charge in [0.1, 0.15) is 4.88 Å². The standard InChI is InChI=1S/C19H22N6O2S/c26-18(21-6-7-24-9-11-27-12-10-24)17-13-22-19(28-17)23-15-1-3-16(4-2-15)25-8-5-20-14-25/h1-5,8,13-14H,6-7,9-12H2,(H,21,26)(H,22,23). The van der Waals surface area contributed by atoms with Crippen LogP contribution >= 0.6 is 11.3 Å². The number of hydrogen-bond donors (Lipinski definition) is 2. The van der Waals surface area contributed by atoms with Crippen LogP contribution in [-0.2, 0) is 4.74 Å². The molecule has 1 aliphatic rings. The number of nitrogens with zero attached hydrogens (tertiary/aromatic N) is 4. The van der Waals surface area contributed by atoms with E-state index in [1.807, 2.05) is 35.0 Å². The molecule has 28 heavy (non-hydrogen) atoms. The van der Waals surface area contributed by atoms with Crippen molar-refractivity contribution in [1.82, 2.24) is 24.8 Å². The van der Waals surface area contributed by atoms with Crippen LogP contribution in [0, 0.1) is 0 Å². The number of benzene rings is 1. The minimum Gasteiger partial charge on any atom is -0.379 e. The van der Waals surface area contributed by atoms with E-state index in [0.29, 0.717) is 16.6 Å². The number of rotatable bonds is 7. The summed E-state index contributed by atoms with van der Waals surface area (Å²) in [6, 6.07) is 7.94. The zero-order valence-corrected chi connectivity index (χ0v) is 16.2. The van der Waals surface area contributed by atoms with Gasteiger partial charge < -0.3 is 19.9 Å². The molecule has 4 rings (SSSR count). The van der Waals surface area contributed by atoms with E-state index in [9.17, 15) is 4.79 Å². The first kappa shape index (κ1) is 18.6. The Morgan fingerprint density at radius 1 is 1.21 bits per heavy atom. The van der Waals surface area contributed by atoms with E-state index >= 15 is 0 Å². The van der Waals surface area contributed by atoms with Crippen LogP contribution in [0.3, 0.4) is 0 Å². The van der Waals surface area contributed by atoms with Gasteiger partial charge in [0.25, 0.3) is 5.91 Å². The Kier molecular flexibility index (Phi) is 5.95. The Hall–Kier alpha value is -2.75. The summed E-state index contributed by atoms with van der Waals surface area (Å²) in [6.07, 6.45) is 7.01. The third-order valence-corrected chi connectivity index (χ3v) is 5.38. The van der Waals surface area contributed by atoms with Crippen molar-refractivity contribution >= 4 is 28.1 Å². The molecule has 2 N–H and O–H groups in total. The first-order chi connectivity index (χ1) is 13.8. The summed E-state index contributed by atoms with van der Waals surface area (Å²) in [5, 5.41) is 6.89. The molecule has 1 amide bonds. The number of carbonyl (C=O) groups excluding carboxylic acids is 1. The van der Waals surface area contributed by atoms with E-state index < -0.39 is 0 Å². The van der Waals surface area contributed by atoms with Gasteiger partial charge in [-0.2, -0.15) is 0 Å². The van der Waals surface area contributed by atoms with Crippen molar-refractivity contribution in [2.24, 2.45) is 0 Å². The number of thiazole rings is 1. The van der Waals surface area contributed by atoms with Gasteiger partial charge in [0, 0.05) is 49.9 Å². The van der Waals surface area contributed by atoms with Crippen LogP contribution < -0.4 is 10.6 Å². The van der Waals surface area contributed by atoms with Crippen LogP contribution in [0.1, 0.15) is 9.67 Å². The SMILES string of the molecule is O=C(NCCN1CCOCC1)c1cnc(Nc2ccc(-n3ccnc3)cc2)s1. The van der Waals surface area contributed by atoms with Crippen molar-refractivity contribution in [3.63, 3.8) is 0 Å². The van der Waals surface area contributed by atoms with Crippen molar-refractivity contribution in [3.8, 4) is 5.69 Å². The second-order valence-electron chi connectivity index (χ2n) is 6.38. The fourth-order valence-corrected chi connectivity index (χ4v) is 3.68. The summed E-state index contributed by atoms with van der Waals surface area (Å²) in [4.78, 5) is 23.5. The maximum Gasteiger partial charge on any atom is 0.263 e. The molecule has 8 nitrogen and oxygen atoms in total. The molecule has 3 heterocycles. The number of carbonyl (C=O) groups is 1. The first-order valence-corrected chi connectivity index (χ1v) is 9.99. The van der Waals surface area contributed by atoms with Crippen molar-refractivity contribution in [1.29, 1.82) is 0 Å². The lowest BCUT2D eigenvalue weighted by Crippen LogP contribution is -2.41. The molecule has 0 spiro atoms. The van der Waals surface area contributed by atoms with Gasteiger partial charge in [-0.05, 0) is 24.3 Å². The van der Waals surface area contributed by atoms with Gasteiger partial charge in [-0.15, -0.1) is 0 Å². The average molecular weight is 398 g/mol. The summed E-state index contributed by atoms with van der Waals surface area (Å²) in [7, 11) is 0. The molecule has 0 atom stereocenters. The summed E-state index contributed by atoms with van der Waals surface area (Å²) in [5.41, 5.74) is 1.94. The van der Waals surface area contributed by atoms with Crippen molar-refractivity contribution in [2.45, 2.75) is 0 Å². The molecule has 9 heteroatoms. The van der Waals surface area contributed by atoms with Crippen molar-refractivity contribution in [2.75, 3.05) is 44.7 Å². The van der Waals surface area contributed by atoms with Crippen LogP contribution in [0.5, 0.6) is 0 Å². The molecule has 0 unspecified atom stereocenters. The zero-order chi connectivity index (χ0) is 19.2. The van der Waals surface area contributed by atoms with Crippen LogP contribution in [-0.4, -0.2) is 64.7 Å². The van der Waals surface area contributed by atoms with Gasteiger partial charge in [0.2, 0.25) is 0 Å². The predicted molar refractivity (Wildman–Crippen MR) is 109 cm³/mol. The van der Waals surface area contributed by atoms with Crippen LogP contribution in [0.25, 0.3) is 5.69 Å². The average Bonchev–Trinajstić information content (AvgIpc) is 3.42. The molecule has 0 radical (unpaired) electrons. The number of aromatic nitrogens is 3. The number of morpholine rings is 1. The number of nitrogens with one attached hydrogen (secondary N) is 2. The minimum atomic E-state index is -0.0886. The molecular formula is C19H22N6O2S. The minimum absolute atomic E-state index is 0.0886. The second kappa shape index (κ2) is 8.96. The molecule has 0 aliphatic carbocycles. The van der Waals surface area contributed by atoms with Gasteiger partial charge >= 0.3 is 0 Å². The van der Waals surface area contributed by atoms with Crippen LogP contribution in [0.2, 0.25) is 0 Å². The van der Waals surface area contributed by atoms with Gasteiger partial charge in [-0.1, -0.05) is 11.3 Å². The lowest BCUT2D eigenvalue weighted by Gasteiger charge is -2.26. The molecule has 3 aromatic rings.